The first kappa shape index (κ1) is 18.0. The molecular formula is C21H28N4O2. The Labute approximate surface area is 160 Å². The van der Waals surface area contributed by atoms with Crippen molar-refractivity contribution in [1.29, 1.82) is 0 Å². The van der Waals surface area contributed by atoms with Crippen LogP contribution in [0.15, 0.2) is 36.7 Å². The van der Waals surface area contributed by atoms with E-state index >= 15 is 0 Å². The van der Waals surface area contributed by atoms with Crippen LogP contribution in [0.1, 0.15) is 47.8 Å². The average molecular weight is 368 g/mol. The van der Waals surface area contributed by atoms with Crippen molar-refractivity contribution in [2.24, 2.45) is 7.05 Å². The molecule has 0 N–H and O–H groups in total. The van der Waals surface area contributed by atoms with Crippen molar-refractivity contribution in [3.8, 4) is 0 Å². The van der Waals surface area contributed by atoms with Crippen LogP contribution in [-0.2, 0) is 11.8 Å². The summed E-state index contributed by atoms with van der Waals surface area (Å²) in [4.78, 5) is 22.1. The number of pyridine rings is 1. The standard InChI is InChI=1S/C21H28N4O2/c1-23-10-5-7-18(23)19-6-3-2-4-11-25(19)21(26)17-8-9-20(22-16-17)24-12-14-27-15-13-24/h5,7-10,16,19H,2-4,6,11-15H2,1H3/t19-/m1/s1. The van der Waals surface area contributed by atoms with Gasteiger partial charge in [0.25, 0.3) is 5.91 Å². The van der Waals surface area contributed by atoms with Crippen LogP contribution in [0.25, 0.3) is 0 Å². The predicted octanol–water partition coefficient (Wildman–Crippen LogP) is 3.01. The van der Waals surface area contributed by atoms with Crippen molar-refractivity contribution >= 4 is 11.7 Å². The molecule has 1 atom stereocenters. The van der Waals surface area contributed by atoms with E-state index in [2.05, 4.69) is 39.8 Å². The summed E-state index contributed by atoms with van der Waals surface area (Å²) in [7, 11) is 2.06. The summed E-state index contributed by atoms with van der Waals surface area (Å²) in [6, 6.07) is 8.22. The Kier molecular flexibility index (Phi) is 5.43. The average Bonchev–Trinajstić information content (AvgIpc) is 3.00. The molecule has 0 aromatic carbocycles. The van der Waals surface area contributed by atoms with Gasteiger partial charge in [-0.2, -0.15) is 0 Å². The SMILES string of the molecule is Cn1cccc1[C@H]1CCCCCN1C(=O)c1ccc(N2CCOCC2)nc1. The summed E-state index contributed by atoms with van der Waals surface area (Å²) in [5.41, 5.74) is 1.89. The number of aryl methyl sites for hydroxylation is 1. The number of likely N-dealkylation sites (tertiary alicyclic amines) is 1. The van der Waals surface area contributed by atoms with Crippen molar-refractivity contribution in [2.75, 3.05) is 37.7 Å². The third kappa shape index (κ3) is 3.86. The van der Waals surface area contributed by atoms with Gasteiger partial charge in [-0.25, -0.2) is 4.98 Å². The van der Waals surface area contributed by atoms with Crippen LogP contribution in [0.3, 0.4) is 0 Å². The van der Waals surface area contributed by atoms with E-state index in [9.17, 15) is 4.79 Å². The van der Waals surface area contributed by atoms with Crippen LogP contribution in [0, 0.1) is 0 Å². The summed E-state index contributed by atoms with van der Waals surface area (Å²) in [5.74, 6) is 1.01. The molecule has 2 fully saturated rings. The maximum atomic E-state index is 13.3. The fourth-order valence-corrected chi connectivity index (χ4v) is 4.14. The molecule has 4 heterocycles. The van der Waals surface area contributed by atoms with E-state index in [4.69, 9.17) is 4.74 Å². The van der Waals surface area contributed by atoms with Crippen molar-refractivity contribution in [2.45, 2.75) is 31.7 Å². The Morgan fingerprint density at radius 1 is 1.11 bits per heavy atom. The second-order valence-corrected chi connectivity index (χ2v) is 7.41. The minimum absolute atomic E-state index is 0.0872. The lowest BCUT2D eigenvalue weighted by molar-refractivity contribution is 0.0674. The summed E-state index contributed by atoms with van der Waals surface area (Å²) in [6.07, 6.45) is 8.21. The van der Waals surface area contributed by atoms with E-state index in [-0.39, 0.29) is 11.9 Å². The molecule has 6 heteroatoms. The molecule has 2 aliphatic rings. The van der Waals surface area contributed by atoms with E-state index in [1.54, 1.807) is 6.20 Å². The summed E-state index contributed by atoms with van der Waals surface area (Å²) < 4.78 is 7.53. The topological polar surface area (TPSA) is 50.6 Å². The molecule has 6 nitrogen and oxygen atoms in total. The normalized spacial score (nSPS) is 21.1. The molecule has 0 unspecified atom stereocenters. The first-order valence-electron chi connectivity index (χ1n) is 9.95. The Bertz CT molecular complexity index is 765. The number of anilines is 1. The number of aromatic nitrogens is 2. The van der Waals surface area contributed by atoms with E-state index in [0.717, 1.165) is 57.9 Å². The Hall–Kier alpha value is -2.34. The molecule has 0 saturated carbocycles. The van der Waals surface area contributed by atoms with Crippen LogP contribution < -0.4 is 4.90 Å². The predicted molar refractivity (Wildman–Crippen MR) is 105 cm³/mol. The number of rotatable bonds is 3. The first-order chi connectivity index (χ1) is 13.2. The number of hydrogen-bond donors (Lipinski definition) is 0. The highest BCUT2D eigenvalue weighted by Gasteiger charge is 2.29. The Balaban J connectivity index is 1.55. The molecule has 2 aliphatic heterocycles. The van der Waals surface area contributed by atoms with Gasteiger partial charge >= 0.3 is 0 Å². The van der Waals surface area contributed by atoms with E-state index in [1.165, 1.54) is 12.1 Å². The molecule has 2 aromatic heterocycles. The fraction of sp³-hybridized carbons (Fsp3) is 0.524. The lowest BCUT2D eigenvalue weighted by Gasteiger charge is -2.31. The molecule has 1 amide bonds. The van der Waals surface area contributed by atoms with Gasteiger partial charge in [0.2, 0.25) is 0 Å². The smallest absolute Gasteiger partial charge is 0.255 e. The monoisotopic (exact) mass is 368 g/mol. The quantitative estimate of drug-likeness (QED) is 0.836. The molecule has 0 aliphatic carbocycles. The molecule has 0 radical (unpaired) electrons. The summed E-state index contributed by atoms with van der Waals surface area (Å²) in [6.45, 7) is 3.97. The van der Waals surface area contributed by atoms with Gasteiger partial charge in [-0.1, -0.05) is 12.8 Å². The number of ether oxygens (including phenoxy) is 1. The number of carbonyl (C=O) groups is 1. The van der Waals surface area contributed by atoms with E-state index in [1.807, 2.05) is 17.0 Å². The van der Waals surface area contributed by atoms with Crippen LogP contribution >= 0.6 is 0 Å². The molecule has 0 bridgehead atoms. The fourth-order valence-electron chi connectivity index (χ4n) is 4.14. The third-order valence-electron chi connectivity index (χ3n) is 5.67. The molecule has 2 aromatic rings. The van der Waals surface area contributed by atoms with Gasteiger partial charge in [-0.05, 0) is 37.1 Å². The van der Waals surface area contributed by atoms with Crippen molar-refractivity contribution in [1.82, 2.24) is 14.5 Å². The molecular weight excluding hydrogens is 340 g/mol. The maximum absolute atomic E-state index is 13.3. The van der Waals surface area contributed by atoms with E-state index in [0.29, 0.717) is 5.56 Å². The van der Waals surface area contributed by atoms with Crippen molar-refractivity contribution in [3.05, 3.63) is 47.9 Å². The highest BCUT2D eigenvalue weighted by Crippen LogP contribution is 2.31. The van der Waals surface area contributed by atoms with Gasteiger partial charge < -0.3 is 19.1 Å². The van der Waals surface area contributed by atoms with Gasteiger partial charge in [0.1, 0.15) is 5.82 Å². The zero-order chi connectivity index (χ0) is 18.6. The number of amides is 1. The largest absolute Gasteiger partial charge is 0.378 e. The van der Waals surface area contributed by atoms with Crippen LogP contribution in [-0.4, -0.2) is 53.2 Å². The number of hydrogen-bond acceptors (Lipinski definition) is 4. The Morgan fingerprint density at radius 2 is 1.96 bits per heavy atom. The lowest BCUT2D eigenvalue weighted by atomic mass is 10.1. The van der Waals surface area contributed by atoms with Gasteiger partial charge in [0, 0.05) is 44.8 Å². The van der Waals surface area contributed by atoms with Crippen molar-refractivity contribution < 1.29 is 9.53 Å². The number of morpholine rings is 1. The zero-order valence-corrected chi connectivity index (χ0v) is 16.0. The lowest BCUT2D eigenvalue weighted by Crippen LogP contribution is -2.37. The van der Waals surface area contributed by atoms with E-state index < -0.39 is 0 Å². The van der Waals surface area contributed by atoms with Gasteiger partial charge in [-0.15, -0.1) is 0 Å². The number of nitrogens with zero attached hydrogens (tertiary/aromatic N) is 4. The third-order valence-corrected chi connectivity index (χ3v) is 5.67. The second-order valence-electron chi connectivity index (χ2n) is 7.41. The molecule has 27 heavy (non-hydrogen) atoms. The highest BCUT2D eigenvalue weighted by molar-refractivity contribution is 5.94. The van der Waals surface area contributed by atoms with Crippen LogP contribution in [0.2, 0.25) is 0 Å². The first-order valence-corrected chi connectivity index (χ1v) is 9.95. The molecule has 2 saturated heterocycles. The molecule has 0 spiro atoms. The number of carbonyl (C=O) groups excluding carboxylic acids is 1. The van der Waals surface area contributed by atoms with Gasteiger partial charge in [0.15, 0.2) is 0 Å². The minimum Gasteiger partial charge on any atom is -0.378 e. The zero-order valence-electron chi connectivity index (χ0n) is 16.0. The molecule has 144 valence electrons. The van der Waals surface area contributed by atoms with Gasteiger partial charge in [0.05, 0.1) is 24.8 Å². The summed E-state index contributed by atoms with van der Waals surface area (Å²) >= 11 is 0. The van der Waals surface area contributed by atoms with Crippen molar-refractivity contribution in [3.63, 3.8) is 0 Å². The second kappa shape index (κ2) is 8.13. The van der Waals surface area contributed by atoms with Crippen LogP contribution in [0.5, 0.6) is 0 Å². The summed E-state index contributed by atoms with van der Waals surface area (Å²) in [5, 5.41) is 0. The highest BCUT2D eigenvalue weighted by atomic mass is 16.5. The molecule has 4 rings (SSSR count). The maximum Gasteiger partial charge on any atom is 0.255 e. The minimum atomic E-state index is 0.0872. The van der Waals surface area contributed by atoms with Gasteiger partial charge in [-0.3, -0.25) is 4.79 Å². The Morgan fingerprint density at radius 3 is 2.67 bits per heavy atom. The van der Waals surface area contributed by atoms with Crippen LogP contribution in [0.4, 0.5) is 5.82 Å².